The standard InChI is InChI=1S/C26H27ClFN5O5/c27-17-1-3-20-22(5-6-29-23(20)13-17)30-7-8-31-25(34)37-16-19-15-33(26(35)38-19)18-2-4-24(21(28)14-18)32-9-11-36-12-10-32/h1-6,13-14,19H,7-12,15-16H2,(H,29,30)(H,31,34)/t19-/m0/s1. The molecule has 0 radical (unpaired) electrons. The van der Waals surface area contributed by atoms with Crippen molar-refractivity contribution in [3.63, 3.8) is 0 Å². The fraction of sp³-hybridized carbons (Fsp3) is 0.346. The SMILES string of the molecule is O=C(NCCNc1ccnc2cc(Cl)ccc12)OC[C@@H]1CN(c2ccc(N3CCOCC3)c(F)c2)C(=O)O1. The zero-order valence-electron chi connectivity index (χ0n) is 20.5. The Hall–Kier alpha value is -3.83. The Morgan fingerprint density at radius 3 is 2.82 bits per heavy atom. The van der Waals surface area contributed by atoms with E-state index in [0.717, 1.165) is 16.6 Å². The summed E-state index contributed by atoms with van der Waals surface area (Å²) >= 11 is 6.02. The van der Waals surface area contributed by atoms with E-state index in [1.165, 1.54) is 11.0 Å². The molecule has 2 aliphatic heterocycles. The van der Waals surface area contributed by atoms with Gasteiger partial charge in [-0.1, -0.05) is 11.6 Å². The number of halogens is 2. The maximum atomic E-state index is 14.8. The molecule has 1 atom stereocenters. The third-order valence-corrected chi connectivity index (χ3v) is 6.52. The molecule has 1 aromatic heterocycles. The van der Waals surface area contributed by atoms with Crippen LogP contribution < -0.4 is 20.4 Å². The third-order valence-electron chi connectivity index (χ3n) is 6.28. The minimum atomic E-state index is -0.664. The van der Waals surface area contributed by atoms with Crippen LogP contribution in [0.3, 0.4) is 0 Å². The molecule has 2 N–H and O–H groups in total. The number of morpholine rings is 1. The van der Waals surface area contributed by atoms with Crippen LogP contribution in [0, 0.1) is 5.82 Å². The predicted octanol–water partition coefficient (Wildman–Crippen LogP) is 4.03. The van der Waals surface area contributed by atoms with E-state index in [-0.39, 0.29) is 13.2 Å². The van der Waals surface area contributed by atoms with Crippen molar-refractivity contribution in [3.05, 3.63) is 59.5 Å². The highest BCUT2D eigenvalue weighted by Crippen LogP contribution is 2.28. The molecular weight excluding hydrogens is 517 g/mol. The maximum absolute atomic E-state index is 14.8. The zero-order valence-corrected chi connectivity index (χ0v) is 21.2. The Kier molecular flexibility index (Phi) is 7.94. The van der Waals surface area contributed by atoms with Gasteiger partial charge in [0.1, 0.15) is 12.4 Å². The summed E-state index contributed by atoms with van der Waals surface area (Å²) in [5.41, 5.74) is 2.49. The number of amides is 2. The quantitative estimate of drug-likeness (QED) is 0.410. The number of anilines is 3. The molecule has 3 heterocycles. The summed E-state index contributed by atoms with van der Waals surface area (Å²) in [5, 5.41) is 7.43. The zero-order chi connectivity index (χ0) is 26.5. The van der Waals surface area contributed by atoms with Crippen molar-refractivity contribution >= 4 is 51.8 Å². The monoisotopic (exact) mass is 543 g/mol. The molecular formula is C26H27ClFN5O5. The Bertz CT molecular complexity index is 1320. The smallest absolute Gasteiger partial charge is 0.414 e. The number of ether oxygens (including phenoxy) is 3. The van der Waals surface area contributed by atoms with Gasteiger partial charge >= 0.3 is 12.2 Å². The van der Waals surface area contributed by atoms with Gasteiger partial charge in [0.05, 0.1) is 36.6 Å². The van der Waals surface area contributed by atoms with Gasteiger partial charge < -0.3 is 29.7 Å². The molecule has 2 amide bonds. The number of nitrogens with zero attached hydrogens (tertiary/aromatic N) is 3. The van der Waals surface area contributed by atoms with E-state index in [0.29, 0.717) is 55.8 Å². The first-order valence-electron chi connectivity index (χ1n) is 12.3. The van der Waals surface area contributed by atoms with Crippen LogP contribution in [0.15, 0.2) is 48.7 Å². The summed E-state index contributed by atoms with van der Waals surface area (Å²) in [6.07, 6.45) is -0.230. The lowest BCUT2D eigenvalue weighted by molar-refractivity contribution is 0.0738. The Balaban J connectivity index is 1.06. The number of hydrogen-bond donors (Lipinski definition) is 2. The van der Waals surface area contributed by atoms with E-state index in [9.17, 15) is 14.0 Å². The highest BCUT2D eigenvalue weighted by Gasteiger charge is 2.33. The lowest BCUT2D eigenvalue weighted by Gasteiger charge is -2.29. The second-order valence-corrected chi connectivity index (χ2v) is 9.26. The molecule has 0 spiro atoms. The van der Waals surface area contributed by atoms with Crippen LogP contribution in [-0.4, -0.2) is 75.8 Å². The first kappa shape index (κ1) is 25.8. The van der Waals surface area contributed by atoms with Crippen molar-refractivity contribution in [2.45, 2.75) is 6.10 Å². The molecule has 2 saturated heterocycles. The van der Waals surface area contributed by atoms with Gasteiger partial charge in [-0.2, -0.15) is 0 Å². The number of benzene rings is 2. The summed E-state index contributed by atoms with van der Waals surface area (Å²) in [5.74, 6) is -0.423. The first-order valence-corrected chi connectivity index (χ1v) is 12.6. The van der Waals surface area contributed by atoms with Crippen LogP contribution in [-0.2, 0) is 14.2 Å². The van der Waals surface area contributed by atoms with Crippen LogP contribution in [0.5, 0.6) is 0 Å². The minimum absolute atomic E-state index is 0.119. The lowest BCUT2D eigenvalue weighted by atomic mass is 10.2. The molecule has 0 aliphatic carbocycles. The number of aromatic nitrogens is 1. The van der Waals surface area contributed by atoms with Crippen molar-refractivity contribution in [1.82, 2.24) is 10.3 Å². The number of nitrogens with one attached hydrogen (secondary N) is 2. The van der Waals surface area contributed by atoms with Crippen LogP contribution in [0.25, 0.3) is 10.9 Å². The summed E-state index contributed by atoms with van der Waals surface area (Å²) in [4.78, 5) is 32.0. The summed E-state index contributed by atoms with van der Waals surface area (Å²) < 4.78 is 30.6. The number of carbonyl (C=O) groups is 2. The molecule has 2 fully saturated rings. The molecule has 0 saturated carbocycles. The topological polar surface area (TPSA) is 105 Å². The van der Waals surface area contributed by atoms with Crippen molar-refractivity contribution in [2.24, 2.45) is 0 Å². The van der Waals surface area contributed by atoms with E-state index in [1.54, 1.807) is 30.5 Å². The number of pyridine rings is 1. The molecule has 2 aliphatic rings. The van der Waals surface area contributed by atoms with Crippen molar-refractivity contribution < 1.29 is 28.2 Å². The van der Waals surface area contributed by atoms with Crippen molar-refractivity contribution in [3.8, 4) is 0 Å². The molecule has 3 aromatic rings. The predicted molar refractivity (Wildman–Crippen MR) is 142 cm³/mol. The van der Waals surface area contributed by atoms with Gasteiger partial charge in [0, 0.05) is 48.5 Å². The Labute approximate surface area is 223 Å². The van der Waals surface area contributed by atoms with E-state index < -0.39 is 24.1 Å². The van der Waals surface area contributed by atoms with Crippen molar-refractivity contribution in [2.75, 3.05) is 67.7 Å². The summed E-state index contributed by atoms with van der Waals surface area (Å²) in [6.45, 7) is 3.09. The van der Waals surface area contributed by atoms with Gasteiger partial charge in [-0.3, -0.25) is 9.88 Å². The fourth-order valence-electron chi connectivity index (χ4n) is 4.40. The van der Waals surface area contributed by atoms with Crippen LogP contribution >= 0.6 is 11.6 Å². The molecule has 5 rings (SSSR count). The number of rotatable bonds is 8. The van der Waals surface area contributed by atoms with E-state index in [2.05, 4.69) is 15.6 Å². The van der Waals surface area contributed by atoms with E-state index in [1.807, 2.05) is 17.0 Å². The third kappa shape index (κ3) is 6.00. The highest BCUT2D eigenvalue weighted by atomic mass is 35.5. The van der Waals surface area contributed by atoms with Crippen LogP contribution in [0.4, 0.5) is 31.0 Å². The van der Waals surface area contributed by atoms with Gasteiger partial charge in [0.15, 0.2) is 6.10 Å². The minimum Gasteiger partial charge on any atom is -0.446 e. The molecule has 2 aromatic carbocycles. The summed E-state index contributed by atoms with van der Waals surface area (Å²) in [7, 11) is 0. The molecule has 0 unspecified atom stereocenters. The second kappa shape index (κ2) is 11.7. The molecule has 10 nitrogen and oxygen atoms in total. The normalized spacial score (nSPS) is 17.4. The van der Waals surface area contributed by atoms with Gasteiger partial charge in [0.25, 0.3) is 0 Å². The molecule has 12 heteroatoms. The van der Waals surface area contributed by atoms with Gasteiger partial charge in [-0.15, -0.1) is 0 Å². The van der Waals surface area contributed by atoms with Gasteiger partial charge in [-0.05, 0) is 42.5 Å². The van der Waals surface area contributed by atoms with Gasteiger partial charge in [0.2, 0.25) is 0 Å². The maximum Gasteiger partial charge on any atom is 0.414 e. The summed E-state index contributed by atoms with van der Waals surface area (Å²) in [6, 6.07) is 11.9. The van der Waals surface area contributed by atoms with E-state index >= 15 is 0 Å². The number of alkyl carbamates (subject to hydrolysis) is 1. The number of fused-ring (bicyclic) bond motifs is 1. The average Bonchev–Trinajstić information content (AvgIpc) is 3.30. The van der Waals surface area contributed by atoms with Crippen LogP contribution in [0.1, 0.15) is 0 Å². The first-order chi connectivity index (χ1) is 18.5. The molecule has 0 bridgehead atoms. The molecule has 200 valence electrons. The largest absolute Gasteiger partial charge is 0.446 e. The number of hydrogen-bond acceptors (Lipinski definition) is 8. The molecule has 38 heavy (non-hydrogen) atoms. The fourth-order valence-corrected chi connectivity index (χ4v) is 4.57. The van der Waals surface area contributed by atoms with Crippen molar-refractivity contribution in [1.29, 1.82) is 0 Å². The lowest BCUT2D eigenvalue weighted by Crippen LogP contribution is -2.36. The Morgan fingerprint density at radius 2 is 2.00 bits per heavy atom. The number of carbonyl (C=O) groups excluding carboxylic acids is 2. The number of cyclic esters (lactones) is 1. The second-order valence-electron chi connectivity index (χ2n) is 8.82. The Morgan fingerprint density at radius 1 is 1.16 bits per heavy atom. The van der Waals surface area contributed by atoms with Gasteiger partial charge in [-0.25, -0.2) is 14.0 Å². The average molecular weight is 544 g/mol. The van der Waals surface area contributed by atoms with Crippen LogP contribution in [0.2, 0.25) is 5.02 Å². The highest BCUT2D eigenvalue weighted by molar-refractivity contribution is 6.31. The van der Waals surface area contributed by atoms with E-state index in [4.69, 9.17) is 25.8 Å².